The predicted molar refractivity (Wildman–Crippen MR) is 124 cm³/mol. The molecule has 2 aromatic rings. The van der Waals surface area contributed by atoms with Crippen LogP contribution in [0.3, 0.4) is 0 Å². The molecule has 0 bridgehead atoms. The fraction of sp³-hybridized carbons (Fsp3) is 0.500. The molecule has 0 aromatic heterocycles. The Balaban J connectivity index is 2.20. The normalized spacial score (nSPS) is 19.5. The number of amides is 1. The topological polar surface area (TPSA) is 67.8 Å². The molecular formula is C26H35NO4. The average Bonchev–Trinajstić information content (AvgIpc) is 2.89. The number of carbonyl (C=O) groups is 1. The Morgan fingerprint density at radius 3 is 2.16 bits per heavy atom. The molecular weight excluding hydrogens is 390 g/mol. The third-order valence-electron chi connectivity index (χ3n) is 6.31. The minimum Gasteiger partial charge on any atom is -0.497 e. The molecule has 168 valence electrons. The molecule has 1 atom stereocenters. The molecule has 5 nitrogen and oxygen atoms in total. The number of fused-ring (bicyclic) bond motifs is 1. The highest BCUT2D eigenvalue weighted by Crippen LogP contribution is 2.56. The number of hydrogen-bond acceptors (Lipinski definition) is 4. The van der Waals surface area contributed by atoms with E-state index in [1.54, 1.807) is 7.11 Å². The number of aliphatic hydroxyl groups is 1. The lowest BCUT2D eigenvalue weighted by Gasteiger charge is -2.36. The van der Waals surface area contributed by atoms with Crippen LogP contribution in [0.2, 0.25) is 0 Å². The highest BCUT2D eigenvalue weighted by atomic mass is 16.5. The summed E-state index contributed by atoms with van der Waals surface area (Å²) >= 11 is 0. The van der Waals surface area contributed by atoms with E-state index in [-0.39, 0.29) is 11.3 Å². The van der Waals surface area contributed by atoms with E-state index in [9.17, 15) is 9.90 Å². The zero-order valence-electron chi connectivity index (χ0n) is 20.2. The van der Waals surface area contributed by atoms with Gasteiger partial charge in [0, 0.05) is 17.7 Å². The van der Waals surface area contributed by atoms with Crippen LogP contribution in [0, 0.1) is 26.2 Å². The molecule has 2 N–H and O–H groups in total. The summed E-state index contributed by atoms with van der Waals surface area (Å²) in [5.41, 5.74) is 2.46. The van der Waals surface area contributed by atoms with E-state index in [0.717, 1.165) is 33.7 Å². The van der Waals surface area contributed by atoms with E-state index in [2.05, 4.69) is 5.32 Å². The van der Waals surface area contributed by atoms with Gasteiger partial charge in [-0.3, -0.25) is 4.79 Å². The monoisotopic (exact) mass is 425 g/mol. The molecule has 0 fully saturated rings. The van der Waals surface area contributed by atoms with Gasteiger partial charge in [0.2, 0.25) is 5.91 Å². The molecule has 2 aromatic carbocycles. The second-order valence-electron chi connectivity index (χ2n) is 10.3. The molecule has 0 saturated heterocycles. The van der Waals surface area contributed by atoms with Crippen molar-refractivity contribution in [2.24, 2.45) is 5.41 Å². The van der Waals surface area contributed by atoms with Gasteiger partial charge < -0.3 is 19.9 Å². The molecule has 31 heavy (non-hydrogen) atoms. The zero-order valence-corrected chi connectivity index (χ0v) is 20.2. The second kappa shape index (κ2) is 7.56. The summed E-state index contributed by atoms with van der Waals surface area (Å²) in [6.07, 6.45) is 0.409. The van der Waals surface area contributed by atoms with Gasteiger partial charge in [-0.05, 0) is 74.4 Å². The van der Waals surface area contributed by atoms with Gasteiger partial charge in [0.05, 0.1) is 7.11 Å². The lowest BCUT2D eigenvalue weighted by atomic mass is 9.74. The lowest BCUT2D eigenvalue weighted by molar-refractivity contribution is -0.117. The van der Waals surface area contributed by atoms with Crippen molar-refractivity contribution >= 4 is 11.6 Å². The summed E-state index contributed by atoms with van der Waals surface area (Å²) in [7, 11) is 1.62. The number of ether oxygens (including phenoxy) is 2. The zero-order chi connectivity index (χ0) is 23.4. The quantitative estimate of drug-likeness (QED) is 0.688. The first kappa shape index (κ1) is 23.1. The summed E-state index contributed by atoms with van der Waals surface area (Å²) in [6, 6.07) is 7.41. The number of anilines is 1. The Bertz CT molecular complexity index is 1020. The number of carbonyl (C=O) groups excluding carboxylic acids is 1. The Labute approximate surface area is 185 Å². The van der Waals surface area contributed by atoms with Crippen molar-refractivity contribution in [3.05, 3.63) is 52.1 Å². The van der Waals surface area contributed by atoms with Crippen LogP contribution in [0.1, 0.15) is 68.9 Å². The number of rotatable bonds is 4. The fourth-order valence-electron chi connectivity index (χ4n) is 4.49. The van der Waals surface area contributed by atoms with Crippen LogP contribution in [0.15, 0.2) is 24.3 Å². The van der Waals surface area contributed by atoms with E-state index in [1.807, 2.05) is 79.7 Å². The second-order valence-corrected chi connectivity index (χ2v) is 10.3. The molecule has 0 radical (unpaired) electrons. The van der Waals surface area contributed by atoms with E-state index < -0.39 is 11.2 Å². The van der Waals surface area contributed by atoms with Crippen molar-refractivity contribution in [1.82, 2.24) is 0 Å². The highest BCUT2D eigenvalue weighted by Gasteiger charge is 2.57. The van der Waals surface area contributed by atoms with Crippen molar-refractivity contribution < 1.29 is 19.4 Å². The van der Waals surface area contributed by atoms with E-state index in [1.165, 1.54) is 0 Å². The van der Waals surface area contributed by atoms with Gasteiger partial charge in [-0.2, -0.15) is 0 Å². The van der Waals surface area contributed by atoms with E-state index in [4.69, 9.17) is 9.47 Å². The van der Waals surface area contributed by atoms with Crippen LogP contribution in [0.25, 0.3) is 0 Å². The Hall–Kier alpha value is -2.53. The predicted octanol–water partition coefficient (Wildman–Crippen LogP) is 5.40. The molecule has 0 spiro atoms. The summed E-state index contributed by atoms with van der Waals surface area (Å²) in [4.78, 5) is 12.8. The van der Waals surface area contributed by atoms with Crippen molar-refractivity contribution in [2.75, 3.05) is 12.4 Å². The van der Waals surface area contributed by atoms with Gasteiger partial charge in [0.15, 0.2) is 5.60 Å². The van der Waals surface area contributed by atoms with Gasteiger partial charge >= 0.3 is 0 Å². The maximum absolute atomic E-state index is 12.8. The first-order chi connectivity index (χ1) is 14.2. The molecule has 0 aliphatic carbocycles. The number of hydrogen-bond donors (Lipinski definition) is 2. The largest absolute Gasteiger partial charge is 0.497 e. The van der Waals surface area contributed by atoms with Crippen molar-refractivity contribution in [1.29, 1.82) is 0 Å². The number of benzene rings is 2. The standard InChI is InChI=1S/C26H35NO4/c1-15-16(2)23-21(17(3)22(15)27-20(28)14-24(4,5)6)26(29,25(7,8)31-23)18-10-12-19(30-9)13-11-18/h10-13,29H,14H2,1-9H3,(H,27,28). The summed E-state index contributed by atoms with van der Waals surface area (Å²) in [5.74, 6) is 1.37. The van der Waals surface area contributed by atoms with Gasteiger partial charge in [0.1, 0.15) is 17.1 Å². The molecule has 0 saturated carbocycles. The van der Waals surface area contributed by atoms with Crippen molar-refractivity contribution in [3.8, 4) is 11.5 Å². The average molecular weight is 426 g/mol. The van der Waals surface area contributed by atoms with Crippen LogP contribution in [0.4, 0.5) is 5.69 Å². The van der Waals surface area contributed by atoms with Gasteiger partial charge in [-0.1, -0.05) is 32.9 Å². The Morgan fingerprint density at radius 1 is 1.06 bits per heavy atom. The molecule has 5 heteroatoms. The molecule has 1 amide bonds. The van der Waals surface area contributed by atoms with E-state index >= 15 is 0 Å². The minimum atomic E-state index is -1.39. The maximum atomic E-state index is 12.8. The minimum absolute atomic E-state index is 0.0378. The molecule has 1 aliphatic heterocycles. The van der Waals surface area contributed by atoms with Crippen LogP contribution in [0.5, 0.6) is 11.5 Å². The van der Waals surface area contributed by atoms with Crippen LogP contribution >= 0.6 is 0 Å². The molecule has 1 aliphatic rings. The van der Waals surface area contributed by atoms with Crippen molar-refractivity contribution in [3.63, 3.8) is 0 Å². The lowest BCUT2D eigenvalue weighted by Crippen LogP contribution is -2.47. The molecule has 1 heterocycles. The first-order valence-corrected chi connectivity index (χ1v) is 10.7. The molecule has 1 unspecified atom stereocenters. The highest BCUT2D eigenvalue weighted by molar-refractivity contribution is 5.94. The third-order valence-corrected chi connectivity index (χ3v) is 6.31. The maximum Gasteiger partial charge on any atom is 0.224 e. The number of nitrogens with one attached hydrogen (secondary N) is 1. The van der Waals surface area contributed by atoms with Crippen LogP contribution in [-0.4, -0.2) is 23.7 Å². The fourth-order valence-corrected chi connectivity index (χ4v) is 4.49. The van der Waals surface area contributed by atoms with Gasteiger partial charge in [0.25, 0.3) is 0 Å². The SMILES string of the molecule is COc1ccc(C2(O)c3c(C)c(NC(=O)CC(C)(C)C)c(C)c(C)c3OC2(C)C)cc1. The summed E-state index contributed by atoms with van der Waals surface area (Å²) in [5, 5.41) is 15.3. The van der Waals surface area contributed by atoms with Gasteiger partial charge in [-0.15, -0.1) is 0 Å². The van der Waals surface area contributed by atoms with Crippen LogP contribution in [-0.2, 0) is 10.4 Å². The molecule has 3 rings (SSSR count). The first-order valence-electron chi connectivity index (χ1n) is 10.7. The van der Waals surface area contributed by atoms with Crippen LogP contribution < -0.4 is 14.8 Å². The Morgan fingerprint density at radius 2 is 1.65 bits per heavy atom. The third kappa shape index (κ3) is 3.80. The van der Waals surface area contributed by atoms with Crippen molar-refractivity contribution in [2.45, 2.75) is 73.0 Å². The summed E-state index contributed by atoms with van der Waals surface area (Å²) < 4.78 is 11.6. The number of methoxy groups -OCH3 is 1. The van der Waals surface area contributed by atoms with E-state index in [0.29, 0.717) is 17.7 Å². The Kier molecular flexibility index (Phi) is 5.64. The van der Waals surface area contributed by atoms with Gasteiger partial charge in [-0.25, -0.2) is 0 Å². The summed E-state index contributed by atoms with van der Waals surface area (Å²) in [6.45, 7) is 15.8. The smallest absolute Gasteiger partial charge is 0.224 e.